The summed E-state index contributed by atoms with van der Waals surface area (Å²) in [5.74, 6) is 1.97. The number of non-ortho nitro benzene ring substituents is 1. The van der Waals surface area contributed by atoms with Gasteiger partial charge in [0.2, 0.25) is 0 Å². The van der Waals surface area contributed by atoms with E-state index in [-0.39, 0.29) is 17.8 Å². The van der Waals surface area contributed by atoms with Gasteiger partial charge in [0, 0.05) is 22.7 Å². The molecular formula is C17H9Cl2N3O3S. The predicted octanol–water partition coefficient (Wildman–Crippen LogP) is 4.29. The fourth-order valence-corrected chi connectivity index (χ4v) is 4.14. The van der Waals surface area contributed by atoms with Crippen molar-refractivity contribution in [3.8, 4) is 12.3 Å². The minimum Gasteiger partial charge on any atom is -0.303 e. The molecule has 0 spiro atoms. The lowest BCUT2D eigenvalue weighted by atomic mass is 10.2. The molecule has 3 aromatic rings. The van der Waals surface area contributed by atoms with Crippen LogP contribution in [0.1, 0.15) is 10.4 Å². The van der Waals surface area contributed by atoms with Crippen LogP contribution in [0.25, 0.3) is 10.2 Å². The van der Waals surface area contributed by atoms with Crippen LogP contribution in [-0.4, -0.2) is 15.4 Å². The molecular weight excluding hydrogens is 397 g/mol. The molecule has 2 aromatic carbocycles. The Morgan fingerprint density at radius 1 is 1.31 bits per heavy atom. The van der Waals surface area contributed by atoms with E-state index in [1.807, 2.05) is 0 Å². The lowest BCUT2D eigenvalue weighted by Crippen LogP contribution is -2.16. The average molecular weight is 406 g/mol. The third-order valence-corrected chi connectivity index (χ3v) is 5.00. The van der Waals surface area contributed by atoms with Crippen LogP contribution < -0.4 is 4.80 Å². The molecule has 0 bridgehead atoms. The molecule has 0 atom stereocenters. The van der Waals surface area contributed by atoms with E-state index in [9.17, 15) is 14.9 Å². The Morgan fingerprint density at radius 2 is 2.00 bits per heavy atom. The van der Waals surface area contributed by atoms with Crippen molar-refractivity contribution in [1.82, 2.24) is 4.57 Å². The molecule has 0 fully saturated rings. The van der Waals surface area contributed by atoms with Crippen molar-refractivity contribution in [2.75, 3.05) is 0 Å². The third-order valence-electron chi connectivity index (χ3n) is 3.47. The number of carbonyl (C=O) groups is 1. The molecule has 1 heterocycles. The Bertz CT molecular complexity index is 1140. The van der Waals surface area contributed by atoms with Crippen molar-refractivity contribution in [3.05, 3.63) is 66.9 Å². The first-order valence-corrected chi connectivity index (χ1v) is 8.73. The van der Waals surface area contributed by atoms with Crippen molar-refractivity contribution in [2.24, 2.45) is 4.99 Å². The molecule has 1 aromatic heterocycles. The molecule has 26 heavy (non-hydrogen) atoms. The number of rotatable bonds is 3. The van der Waals surface area contributed by atoms with Gasteiger partial charge in [-0.2, -0.15) is 4.99 Å². The number of halogens is 2. The Hall–Kier alpha value is -2.66. The number of nitro groups is 1. The molecule has 0 radical (unpaired) electrons. The van der Waals surface area contributed by atoms with Gasteiger partial charge < -0.3 is 4.57 Å². The van der Waals surface area contributed by atoms with Gasteiger partial charge in [-0.1, -0.05) is 40.5 Å². The fourth-order valence-electron chi connectivity index (χ4n) is 2.33. The summed E-state index contributed by atoms with van der Waals surface area (Å²) in [6.45, 7) is 0.174. The van der Waals surface area contributed by atoms with Crippen molar-refractivity contribution in [2.45, 2.75) is 6.54 Å². The Morgan fingerprint density at radius 3 is 2.62 bits per heavy atom. The molecule has 130 valence electrons. The molecule has 3 rings (SSSR count). The second kappa shape index (κ2) is 7.30. The standard InChI is InChI=1S/C17H9Cl2N3O3S/c1-2-7-21-15-13(19)8-11(18)9-14(15)26-17(21)20-16(23)10-3-5-12(6-4-10)22(24)25/h1,3-6,8-9H,7H2. The molecule has 0 aliphatic heterocycles. The van der Waals surface area contributed by atoms with Crippen molar-refractivity contribution in [3.63, 3.8) is 0 Å². The quantitative estimate of drug-likeness (QED) is 0.370. The van der Waals surface area contributed by atoms with E-state index in [2.05, 4.69) is 10.9 Å². The molecule has 0 saturated heterocycles. The smallest absolute Gasteiger partial charge is 0.279 e. The van der Waals surface area contributed by atoms with Crippen LogP contribution in [0.2, 0.25) is 10.0 Å². The molecule has 0 saturated carbocycles. The summed E-state index contributed by atoms with van der Waals surface area (Å²) in [6, 6.07) is 8.52. The zero-order valence-corrected chi connectivity index (χ0v) is 15.3. The van der Waals surface area contributed by atoms with Crippen LogP contribution in [0.5, 0.6) is 0 Å². The number of nitrogens with zero attached hydrogens (tertiary/aromatic N) is 3. The summed E-state index contributed by atoms with van der Waals surface area (Å²) >= 11 is 13.5. The SMILES string of the molecule is C#CCn1c(=NC(=O)c2ccc([N+](=O)[O-])cc2)sc2cc(Cl)cc(Cl)c21. The van der Waals surface area contributed by atoms with Crippen LogP contribution in [0, 0.1) is 22.5 Å². The minimum absolute atomic E-state index is 0.104. The number of thiazole rings is 1. The second-order valence-corrected chi connectivity index (χ2v) is 6.98. The summed E-state index contributed by atoms with van der Waals surface area (Å²) in [6.07, 6.45) is 5.42. The van der Waals surface area contributed by atoms with E-state index in [0.717, 1.165) is 4.70 Å². The molecule has 1 amide bonds. The predicted molar refractivity (Wildman–Crippen MR) is 102 cm³/mol. The molecule has 0 aliphatic carbocycles. The first kappa shape index (κ1) is 18.1. The number of benzene rings is 2. The molecule has 0 aliphatic rings. The highest BCUT2D eigenvalue weighted by Crippen LogP contribution is 2.29. The minimum atomic E-state index is -0.542. The van der Waals surface area contributed by atoms with Crippen LogP contribution in [-0.2, 0) is 6.54 Å². The first-order chi connectivity index (χ1) is 12.4. The van der Waals surface area contributed by atoms with Crippen molar-refractivity contribution < 1.29 is 9.72 Å². The Labute approximate surface area is 161 Å². The number of fused-ring (bicyclic) bond motifs is 1. The highest BCUT2D eigenvalue weighted by Gasteiger charge is 2.13. The molecule has 9 heteroatoms. The first-order valence-electron chi connectivity index (χ1n) is 7.16. The summed E-state index contributed by atoms with van der Waals surface area (Å²) in [7, 11) is 0. The topological polar surface area (TPSA) is 77.5 Å². The highest BCUT2D eigenvalue weighted by atomic mass is 35.5. The van der Waals surface area contributed by atoms with Gasteiger partial charge in [0.1, 0.15) is 0 Å². The monoisotopic (exact) mass is 405 g/mol. The number of hydrogen-bond acceptors (Lipinski definition) is 4. The van der Waals surface area contributed by atoms with Gasteiger partial charge in [-0.3, -0.25) is 14.9 Å². The van der Waals surface area contributed by atoms with Crippen molar-refractivity contribution in [1.29, 1.82) is 0 Å². The summed E-state index contributed by atoms with van der Waals surface area (Å²) in [5, 5.41) is 11.6. The summed E-state index contributed by atoms with van der Waals surface area (Å²) in [5.41, 5.74) is 0.769. The van der Waals surface area contributed by atoms with Gasteiger partial charge in [0.25, 0.3) is 11.6 Å². The molecule has 0 unspecified atom stereocenters. The van der Waals surface area contributed by atoms with E-state index in [4.69, 9.17) is 29.6 Å². The van der Waals surface area contributed by atoms with Gasteiger partial charge in [-0.25, -0.2) is 0 Å². The number of carbonyl (C=O) groups excluding carboxylic acids is 1. The fraction of sp³-hybridized carbons (Fsp3) is 0.0588. The van der Waals surface area contributed by atoms with Crippen LogP contribution in [0.3, 0.4) is 0 Å². The zero-order valence-electron chi connectivity index (χ0n) is 13.0. The lowest BCUT2D eigenvalue weighted by Gasteiger charge is -2.02. The van der Waals surface area contributed by atoms with Gasteiger partial charge in [0.05, 0.1) is 26.7 Å². The van der Waals surface area contributed by atoms with E-state index in [0.29, 0.717) is 20.4 Å². The zero-order chi connectivity index (χ0) is 18.8. The number of nitro benzene ring substituents is 1. The average Bonchev–Trinajstić information content (AvgIpc) is 2.92. The Kier molecular flexibility index (Phi) is 5.09. The maximum Gasteiger partial charge on any atom is 0.279 e. The Balaban J connectivity index is 2.12. The summed E-state index contributed by atoms with van der Waals surface area (Å²) in [4.78, 5) is 27.1. The third kappa shape index (κ3) is 3.48. The summed E-state index contributed by atoms with van der Waals surface area (Å²) < 4.78 is 2.40. The molecule has 6 nitrogen and oxygen atoms in total. The molecule has 0 N–H and O–H groups in total. The van der Waals surface area contributed by atoms with E-state index < -0.39 is 10.8 Å². The second-order valence-electron chi connectivity index (χ2n) is 5.13. The normalized spacial score (nSPS) is 11.5. The largest absolute Gasteiger partial charge is 0.303 e. The van der Waals surface area contributed by atoms with E-state index in [1.54, 1.807) is 16.7 Å². The van der Waals surface area contributed by atoms with Crippen molar-refractivity contribution >= 4 is 56.3 Å². The van der Waals surface area contributed by atoms with E-state index in [1.165, 1.54) is 35.6 Å². The van der Waals surface area contributed by atoms with Crippen LogP contribution in [0.15, 0.2) is 41.4 Å². The lowest BCUT2D eigenvalue weighted by molar-refractivity contribution is -0.384. The number of aromatic nitrogens is 1. The van der Waals surface area contributed by atoms with E-state index >= 15 is 0 Å². The van der Waals surface area contributed by atoms with Crippen LogP contribution in [0.4, 0.5) is 5.69 Å². The van der Waals surface area contributed by atoms with Gasteiger partial charge >= 0.3 is 0 Å². The van der Waals surface area contributed by atoms with Crippen LogP contribution >= 0.6 is 34.5 Å². The van der Waals surface area contributed by atoms with Gasteiger partial charge in [0.15, 0.2) is 4.80 Å². The maximum atomic E-state index is 12.4. The van der Waals surface area contributed by atoms with Gasteiger partial charge in [-0.05, 0) is 24.3 Å². The number of terminal acetylenes is 1. The highest BCUT2D eigenvalue weighted by molar-refractivity contribution is 7.16. The number of hydrogen-bond donors (Lipinski definition) is 0. The number of amides is 1. The maximum absolute atomic E-state index is 12.4. The van der Waals surface area contributed by atoms with Gasteiger partial charge in [-0.15, -0.1) is 6.42 Å².